The number of carbonyl (C=O) groups excluding carboxylic acids is 1. The molecule has 1 amide bonds. The fraction of sp³-hybridized carbons (Fsp3) is 0.692. The maximum atomic E-state index is 12.4. The quantitative estimate of drug-likeness (QED) is 0.845. The summed E-state index contributed by atoms with van der Waals surface area (Å²) in [5.41, 5.74) is 0.829. The molecule has 1 saturated heterocycles. The van der Waals surface area contributed by atoms with Gasteiger partial charge in [0.15, 0.2) is 0 Å². The highest BCUT2D eigenvalue weighted by atomic mass is 32.1. The van der Waals surface area contributed by atoms with Crippen molar-refractivity contribution in [3.05, 3.63) is 15.6 Å². The Hall–Kier alpha value is -0.940. The molecule has 0 aliphatic carbocycles. The van der Waals surface area contributed by atoms with Crippen LogP contribution in [-0.2, 0) is 11.3 Å². The fourth-order valence-electron chi connectivity index (χ4n) is 2.19. The van der Waals surface area contributed by atoms with Gasteiger partial charge >= 0.3 is 0 Å². The van der Waals surface area contributed by atoms with E-state index in [2.05, 4.69) is 11.9 Å². The van der Waals surface area contributed by atoms with Crippen LogP contribution in [0.15, 0.2) is 0 Å². The Kier molecular flexibility index (Phi) is 4.35. The highest BCUT2D eigenvalue weighted by molar-refractivity contribution is 7.13. The van der Waals surface area contributed by atoms with Crippen LogP contribution in [0.3, 0.4) is 0 Å². The molecule has 2 heterocycles. The van der Waals surface area contributed by atoms with E-state index in [1.165, 1.54) is 11.3 Å². The van der Waals surface area contributed by atoms with E-state index < -0.39 is 0 Å². The summed E-state index contributed by atoms with van der Waals surface area (Å²) in [7, 11) is 1.64. The monoisotopic (exact) mass is 268 g/mol. The molecule has 1 fully saturated rings. The lowest BCUT2D eigenvalue weighted by atomic mass is 9.99. The van der Waals surface area contributed by atoms with Crippen LogP contribution in [0.2, 0.25) is 0 Å². The van der Waals surface area contributed by atoms with Gasteiger partial charge in [-0.1, -0.05) is 6.92 Å². The molecule has 18 heavy (non-hydrogen) atoms. The number of nitrogens with zero attached hydrogens (tertiary/aromatic N) is 2. The minimum absolute atomic E-state index is 0.138. The molecule has 1 aliphatic heterocycles. The molecule has 2 rings (SSSR count). The second-order valence-electron chi connectivity index (χ2n) is 4.93. The van der Waals surface area contributed by atoms with Gasteiger partial charge in [-0.25, -0.2) is 4.98 Å². The van der Waals surface area contributed by atoms with Crippen molar-refractivity contribution in [2.75, 3.05) is 20.2 Å². The number of thiazole rings is 1. The van der Waals surface area contributed by atoms with E-state index in [0.717, 1.165) is 47.4 Å². The number of amides is 1. The van der Waals surface area contributed by atoms with E-state index in [1.54, 1.807) is 7.11 Å². The van der Waals surface area contributed by atoms with Gasteiger partial charge in [-0.15, -0.1) is 11.3 Å². The summed E-state index contributed by atoms with van der Waals surface area (Å²) in [6.07, 6.45) is 2.21. The molecule has 1 aromatic heterocycles. The van der Waals surface area contributed by atoms with Crippen LogP contribution in [0.25, 0.3) is 0 Å². The van der Waals surface area contributed by atoms with E-state index >= 15 is 0 Å². The summed E-state index contributed by atoms with van der Waals surface area (Å²) in [5, 5.41) is 0.878. The predicted octanol–water partition coefficient (Wildman–Crippen LogP) is 2.47. The summed E-state index contributed by atoms with van der Waals surface area (Å²) in [6, 6.07) is 0. The van der Waals surface area contributed by atoms with Crippen molar-refractivity contribution >= 4 is 17.2 Å². The number of piperidine rings is 1. The average Bonchev–Trinajstić information content (AvgIpc) is 2.71. The molecule has 100 valence electrons. The van der Waals surface area contributed by atoms with Gasteiger partial charge in [-0.3, -0.25) is 4.79 Å². The largest absolute Gasteiger partial charge is 0.378 e. The van der Waals surface area contributed by atoms with Crippen molar-refractivity contribution in [3.8, 4) is 0 Å². The van der Waals surface area contributed by atoms with Crippen molar-refractivity contribution in [1.82, 2.24) is 9.88 Å². The van der Waals surface area contributed by atoms with Crippen LogP contribution in [0.1, 0.15) is 40.1 Å². The first-order valence-corrected chi connectivity index (χ1v) is 7.18. The van der Waals surface area contributed by atoms with Crippen LogP contribution in [0, 0.1) is 12.8 Å². The lowest BCUT2D eigenvalue weighted by Crippen LogP contribution is -2.37. The van der Waals surface area contributed by atoms with E-state index in [0.29, 0.717) is 6.61 Å². The van der Waals surface area contributed by atoms with Gasteiger partial charge in [0.25, 0.3) is 5.91 Å². The Morgan fingerprint density at radius 1 is 1.50 bits per heavy atom. The molecule has 1 aromatic rings. The molecular formula is C13H20N2O2S. The second-order valence-corrected chi connectivity index (χ2v) is 6.01. The van der Waals surface area contributed by atoms with Crippen LogP contribution in [0.5, 0.6) is 0 Å². The summed E-state index contributed by atoms with van der Waals surface area (Å²) < 4.78 is 5.06. The van der Waals surface area contributed by atoms with Crippen molar-refractivity contribution < 1.29 is 9.53 Å². The molecule has 0 saturated carbocycles. The lowest BCUT2D eigenvalue weighted by Gasteiger charge is -2.30. The number of hydrogen-bond donors (Lipinski definition) is 0. The third kappa shape index (κ3) is 2.90. The van der Waals surface area contributed by atoms with Gasteiger partial charge in [0.2, 0.25) is 0 Å². The molecule has 0 spiro atoms. The number of hydrogen-bond acceptors (Lipinski definition) is 4. The number of rotatable bonds is 3. The number of methoxy groups -OCH3 is 1. The summed E-state index contributed by atoms with van der Waals surface area (Å²) >= 11 is 1.46. The third-order valence-electron chi connectivity index (χ3n) is 3.37. The van der Waals surface area contributed by atoms with Gasteiger partial charge in [-0.05, 0) is 25.7 Å². The molecule has 0 radical (unpaired) electrons. The minimum Gasteiger partial charge on any atom is -0.378 e. The molecule has 0 aromatic carbocycles. The highest BCUT2D eigenvalue weighted by Gasteiger charge is 2.24. The molecule has 0 bridgehead atoms. The van der Waals surface area contributed by atoms with Crippen molar-refractivity contribution in [3.63, 3.8) is 0 Å². The van der Waals surface area contributed by atoms with Gasteiger partial charge in [0.05, 0.1) is 12.3 Å². The maximum Gasteiger partial charge on any atom is 0.265 e. The van der Waals surface area contributed by atoms with Crippen molar-refractivity contribution in [1.29, 1.82) is 0 Å². The Bertz CT molecular complexity index is 423. The van der Waals surface area contributed by atoms with E-state index in [-0.39, 0.29) is 5.91 Å². The Morgan fingerprint density at radius 2 is 2.17 bits per heavy atom. The van der Waals surface area contributed by atoms with Gasteiger partial charge in [0, 0.05) is 20.2 Å². The minimum atomic E-state index is 0.138. The van der Waals surface area contributed by atoms with Crippen molar-refractivity contribution in [2.24, 2.45) is 5.92 Å². The number of aromatic nitrogens is 1. The molecule has 4 nitrogen and oxygen atoms in total. The molecule has 5 heteroatoms. The Labute approximate surface area is 112 Å². The van der Waals surface area contributed by atoms with Crippen molar-refractivity contribution in [2.45, 2.75) is 33.3 Å². The molecule has 1 aliphatic rings. The van der Waals surface area contributed by atoms with Gasteiger partial charge < -0.3 is 9.64 Å². The molecule has 0 unspecified atom stereocenters. The van der Waals surface area contributed by atoms with Gasteiger partial charge in [0.1, 0.15) is 9.88 Å². The zero-order valence-corrected chi connectivity index (χ0v) is 12.0. The standard InChI is InChI=1S/C13H20N2O2S/c1-9-4-6-15(7-5-9)13(16)12-10(2)14-11(18-12)8-17-3/h9H,4-8H2,1-3H3. The number of ether oxygens (including phenoxy) is 1. The van der Waals surface area contributed by atoms with Gasteiger partial charge in [-0.2, -0.15) is 0 Å². The molecule has 0 atom stereocenters. The van der Waals surface area contributed by atoms with E-state index in [9.17, 15) is 4.79 Å². The van der Waals surface area contributed by atoms with E-state index in [1.807, 2.05) is 11.8 Å². The van der Waals surface area contributed by atoms with Crippen LogP contribution in [-0.4, -0.2) is 36.0 Å². The summed E-state index contributed by atoms with van der Waals surface area (Å²) in [4.78, 5) is 19.5. The molecule has 0 N–H and O–H groups in total. The number of likely N-dealkylation sites (tertiary alicyclic amines) is 1. The first-order chi connectivity index (χ1) is 8.61. The fourth-order valence-corrected chi connectivity index (χ4v) is 3.20. The Balaban J connectivity index is 2.08. The molecular weight excluding hydrogens is 248 g/mol. The highest BCUT2D eigenvalue weighted by Crippen LogP contribution is 2.23. The first-order valence-electron chi connectivity index (χ1n) is 6.36. The predicted molar refractivity (Wildman–Crippen MR) is 71.9 cm³/mol. The smallest absolute Gasteiger partial charge is 0.265 e. The van der Waals surface area contributed by atoms with Crippen LogP contribution >= 0.6 is 11.3 Å². The third-order valence-corrected chi connectivity index (χ3v) is 4.49. The second kappa shape index (κ2) is 5.80. The number of aryl methyl sites for hydroxylation is 1. The normalized spacial score (nSPS) is 17.2. The number of carbonyl (C=O) groups is 1. The zero-order chi connectivity index (χ0) is 13.1. The summed E-state index contributed by atoms with van der Waals surface area (Å²) in [5.74, 6) is 0.875. The lowest BCUT2D eigenvalue weighted by molar-refractivity contribution is 0.0701. The maximum absolute atomic E-state index is 12.4. The van der Waals surface area contributed by atoms with E-state index in [4.69, 9.17) is 4.74 Å². The SMILES string of the molecule is COCc1nc(C)c(C(=O)N2CCC(C)CC2)s1. The van der Waals surface area contributed by atoms with Crippen LogP contribution < -0.4 is 0 Å². The topological polar surface area (TPSA) is 42.4 Å². The zero-order valence-electron chi connectivity index (χ0n) is 11.2. The van der Waals surface area contributed by atoms with Crippen LogP contribution in [0.4, 0.5) is 0 Å². The first kappa shape index (κ1) is 13.5. The summed E-state index contributed by atoms with van der Waals surface area (Å²) in [6.45, 7) is 6.37. The average molecular weight is 268 g/mol. The Morgan fingerprint density at radius 3 is 2.78 bits per heavy atom.